The molecule has 2 aromatic rings. The SMILES string of the molecule is Cc1cc(F)cc(NC(C)c2csc(Cl)c2)c1. The van der Waals surface area contributed by atoms with Gasteiger partial charge in [-0.1, -0.05) is 11.6 Å². The van der Waals surface area contributed by atoms with Crippen molar-refractivity contribution in [2.75, 3.05) is 5.32 Å². The first-order valence-corrected chi connectivity index (χ1v) is 6.58. The highest BCUT2D eigenvalue weighted by molar-refractivity contribution is 7.14. The summed E-state index contributed by atoms with van der Waals surface area (Å²) in [7, 11) is 0. The summed E-state index contributed by atoms with van der Waals surface area (Å²) in [6, 6.07) is 6.97. The van der Waals surface area contributed by atoms with Crippen LogP contribution in [0.3, 0.4) is 0 Å². The van der Waals surface area contributed by atoms with Crippen molar-refractivity contribution in [1.29, 1.82) is 0 Å². The van der Waals surface area contributed by atoms with E-state index >= 15 is 0 Å². The lowest BCUT2D eigenvalue weighted by Crippen LogP contribution is -2.05. The number of anilines is 1. The molecular weight excluding hydrogens is 257 g/mol. The molecule has 17 heavy (non-hydrogen) atoms. The van der Waals surface area contributed by atoms with Crippen LogP contribution in [0.4, 0.5) is 10.1 Å². The van der Waals surface area contributed by atoms with Gasteiger partial charge in [0.1, 0.15) is 5.82 Å². The maximum absolute atomic E-state index is 13.2. The van der Waals surface area contributed by atoms with Crippen molar-refractivity contribution in [2.24, 2.45) is 0 Å². The molecule has 90 valence electrons. The molecule has 0 aliphatic carbocycles. The molecule has 0 aliphatic rings. The second kappa shape index (κ2) is 5.07. The molecule has 1 N–H and O–H groups in total. The average molecular weight is 270 g/mol. The molecular formula is C13H13ClFNS. The Hall–Kier alpha value is -1.06. The zero-order valence-electron chi connectivity index (χ0n) is 9.63. The van der Waals surface area contributed by atoms with Crippen LogP contribution in [-0.4, -0.2) is 0 Å². The van der Waals surface area contributed by atoms with Gasteiger partial charge in [-0.3, -0.25) is 0 Å². The normalized spacial score (nSPS) is 12.5. The highest BCUT2D eigenvalue weighted by Gasteiger charge is 2.08. The van der Waals surface area contributed by atoms with E-state index in [2.05, 4.69) is 5.32 Å². The molecule has 1 atom stereocenters. The molecule has 1 aromatic carbocycles. The lowest BCUT2D eigenvalue weighted by molar-refractivity contribution is 0.626. The van der Waals surface area contributed by atoms with E-state index in [-0.39, 0.29) is 11.9 Å². The van der Waals surface area contributed by atoms with Crippen molar-refractivity contribution in [1.82, 2.24) is 0 Å². The number of rotatable bonds is 3. The highest BCUT2D eigenvalue weighted by Crippen LogP contribution is 2.27. The summed E-state index contributed by atoms with van der Waals surface area (Å²) in [4.78, 5) is 0. The van der Waals surface area contributed by atoms with Crippen LogP contribution in [0.15, 0.2) is 29.6 Å². The van der Waals surface area contributed by atoms with Crippen LogP contribution in [-0.2, 0) is 0 Å². The van der Waals surface area contributed by atoms with Crippen LogP contribution in [0, 0.1) is 12.7 Å². The fourth-order valence-electron chi connectivity index (χ4n) is 1.70. The third-order valence-electron chi connectivity index (χ3n) is 2.51. The van der Waals surface area contributed by atoms with E-state index in [1.807, 2.05) is 31.4 Å². The first kappa shape index (κ1) is 12.4. The topological polar surface area (TPSA) is 12.0 Å². The lowest BCUT2D eigenvalue weighted by atomic mass is 10.1. The Morgan fingerprint density at radius 1 is 1.29 bits per heavy atom. The number of hydrogen-bond acceptors (Lipinski definition) is 2. The largest absolute Gasteiger partial charge is 0.378 e. The number of hydrogen-bond donors (Lipinski definition) is 1. The minimum absolute atomic E-state index is 0.111. The monoisotopic (exact) mass is 269 g/mol. The van der Waals surface area contributed by atoms with E-state index in [0.717, 1.165) is 21.2 Å². The smallest absolute Gasteiger partial charge is 0.125 e. The number of aryl methyl sites for hydroxylation is 1. The van der Waals surface area contributed by atoms with Crippen molar-refractivity contribution in [3.8, 4) is 0 Å². The lowest BCUT2D eigenvalue weighted by Gasteiger charge is -2.14. The van der Waals surface area contributed by atoms with E-state index in [1.165, 1.54) is 23.5 Å². The van der Waals surface area contributed by atoms with Gasteiger partial charge in [-0.2, -0.15) is 0 Å². The van der Waals surface area contributed by atoms with E-state index < -0.39 is 0 Å². The Labute approximate surface area is 109 Å². The molecule has 0 saturated heterocycles. The standard InChI is InChI=1S/C13H13ClFNS/c1-8-3-11(15)6-12(4-8)16-9(2)10-5-13(14)17-7-10/h3-7,9,16H,1-2H3. The molecule has 4 heteroatoms. The van der Waals surface area contributed by atoms with E-state index in [0.29, 0.717) is 0 Å². The van der Waals surface area contributed by atoms with Crippen molar-refractivity contribution < 1.29 is 4.39 Å². The molecule has 2 rings (SSSR count). The van der Waals surface area contributed by atoms with Crippen molar-refractivity contribution >= 4 is 28.6 Å². The van der Waals surface area contributed by atoms with Gasteiger partial charge in [0.25, 0.3) is 0 Å². The van der Waals surface area contributed by atoms with Crippen LogP contribution >= 0.6 is 22.9 Å². The molecule has 1 aromatic heterocycles. The van der Waals surface area contributed by atoms with Gasteiger partial charge < -0.3 is 5.32 Å². The van der Waals surface area contributed by atoms with Gasteiger partial charge >= 0.3 is 0 Å². The summed E-state index contributed by atoms with van der Waals surface area (Å²) in [5, 5.41) is 5.27. The Morgan fingerprint density at radius 2 is 2.06 bits per heavy atom. The van der Waals surface area contributed by atoms with Crippen molar-refractivity contribution in [3.05, 3.63) is 50.9 Å². The minimum Gasteiger partial charge on any atom is -0.378 e. The van der Waals surface area contributed by atoms with Gasteiger partial charge in [0.05, 0.1) is 4.34 Å². The van der Waals surface area contributed by atoms with Crippen LogP contribution in [0.1, 0.15) is 24.1 Å². The van der Waals surface area contributed by atoms with E-state index in [4.69, 9.17) is 11.6 Å². The zero-order chi connectivity index (χ0) is 12.4. The third-order valence-corrected chi connectivity index (χ3v) is 3.62. The van der Waals surface area contributed by atoms with Gasteiger partial charge in [-0.15, -0.1) is 11.3 Å². The zero-order valence-corrected chi connectivity index (χ0v) is 11.2. The summed E-state index contributed by atoms with van der Waals surface area (Å²) in [6.07, 6.45) is 0. The summed E-state index contributed by atoms with van der Waals surface area (Å²) < 4.78 is 14.0. The predicted molar refractivity (Wildman–Crippen MR) is 72.5 cm³/mol. The Kier molecular flexibility index (Phi) is 3.69. The summed E-state index contributed by atoms with van der Waals surface area (Å²) >= 11 is 7.39. The second-order valence-electron chi connectivity index (χ2n) is 4.07. The molecule has 0 spiro atoms. The summed E-state index contributed by atoms with van der Waals surface area (Å²) in [5.41, 5.74) is 2.81. The molecule has 0 saturated carbocycles. The maximum atomic E-state index is 13.2. The van der Waals surface area contributed by atoms with Crippen molar-refractivity contribution in [2.45, 2.75) is 19.9 Å². The number of nitrogens with one attached hydrogen (secondary N) is 1. The number of benzene rings is 1. The highest BCUT2D eigenvalue weighted by atomic mass is 35.5. The second-order valence-corrected chi connectivity index (χ2v) is 5.61. The van der Waals surface area contributed by atoms with Crippen LogP contribution in [0.2, 0.25) is 4.34 Å². The Bertz CT molecular complexity index is 504. The average Bonchev–Trinajstić information content (AvgIpc) is 2.63. The summed E-state index contributed by atoms with van der Waals surface area (Å²) in [6.45, 7) is 3.90. The maximum Gasteiger partial charge on any atom is 0.125 e. The number of thiophene rings is 1. The molecule has 0 fully saturated rings. The molecule has 0 amide bonds. The molecule has 0 aliphatic heterocycles. The molecule has 1 nitrogen and oxygen atoms in total. The first-order chi connectivity index (χ1) is 8.04. The van der Waals surface area contributed by atoms with Gasteiger partial charge in [-0.25, -0.2) is 4.39 Å². The Balaban J connectivity index is 2.15. The predicted octanol–water partition coefficient (Wildman–Crippen LogP) is 5.02. The number of halogens is 2. The minimum atomic E-state index is -0.219. The van der Waals surface area contributed by atoms with E-state index in [1.54, 1.807) is 0 Å². The fraction of sp³-hybridized carbons (Fsp3) is 0.231. The molecule has 1 unspecified atom stereocenters. The van der Waals surface area contributed by atoms with Gasteiger partial charge in [0, 0.05) is 11.7 Å². The van der Waals surface area contributed by atoms with Crippen LogP contribution < -0.4 is 5.32 Å². The van der Waals surface area contributed by atoms with Crippen molar-refractivity contribution in [3.63, 3.8) is 0 Å². The van der Waals surface area contributed by atoms with E-state index in [9.17, 15) is 4.39 Å². The quantitative estimate of drug-likeness (QED) is 0.825. The molecule has 1 heterocycles. The van der Waals surface area contributed by atoms with Gasteiger partial charge in [-0.05, 0) is 54.6 Å². The van der Waals surface area contributed by atoms with Crippen LogP contribution in [0.25, 0.3) is 0 Å². The fourth-order valence-corrected chi connectivity index (χ4v) is 2.69. The first-order valence-electron chi connectivity index (χ1n) is 5.32. The summed E-state index contributed by atoms with van der Waals surface area (Å²) in [5.74, 6) is -0.219. The third kappa shape index (κ3) is 3.20. The Morgan fingerprint density at radius 3 is 2.65 bits per heavy atom. The van der Waals surface area contributed by atoms with Gasteiger partial charge in [0.15, 0.2) is 0 Å². The molecule has 0 bridgehead atoms. The molecule has 0 radical (unpaired) electrons. The van der Waals surface area contributed by atoms with Gasteiger partial charge in [0.2, 0.25) is 0 Å². The van der Waals surface area contributed by atoms with Crippen LogP contribution in [0.5, 0.6) is 0 Å².